The Balaban J connectivity index is 1.87. The monoisotopic (exact) mass is 554 g/mol. The van der Waals surface area contributed by atoms with Crippen molar-refractivity contribution in [2.45, 2.75) is 166 Å². The van der Waals surface area contributed by atoms with E-state index in [0.29, 0.717) is 6.90 Å². The Kier molecular flexibility index (Phi) is 21.4. The van der Waals surface area contributed by atoms with E-state index < -0.39 is 43.2 Å². The molecule has 0 aromatic carbocycles. The Morgan fingerprint density at radius 2 is 1.23 bits per heavy atom. The highest BCUT2D eigenvalue weighted by Crippen LogP contribution is 2.20. The van der Waals surface area contributed by atoms with Crippen LogP contribution >= 0.6 is 0 Å². The third-order valence-corrected chi connectivity index (χ3v) is 7.57. The average molecular weight is 555 g/mol. The molecule has 0 bridgehead atoms. The van der Waals surface area contributed by atoms with Crippen molar-refractivity contribution in [2.75, 3.05) is 6.61 Å². The molecule has 0 spiro atoms. The second-order valence-corrected chi connectivity index (χ2v) is 11.1. The highest BCUT2D eigenvalue weighted by atomic mass is 16.6. The summed E-state index contributed by atoms with van der Waals surface area (Å²) in [5.41, 5.74) is 0. The fourth-order valence-corrected chi connectivity index (χ4v) is 5.05. The Hall–Kier alpha value is -1.25. The molecule has 228 valence electrons. The van der Waals surface area contributed by atoms with Gasteiger partial charge in [-0.1, -0.05) is 141 Å². The number of carbonyl (C=O) groups excluding carboxylic acids is 1. The molecule has 0 radical (unpaired) electrons. The first-order valence-electron chi connectivity index (χ1n) is 16.5. The standard InChI is InChI=1S/C32H59NO6/c1-2-3-4-5-6-7-8-9-10-11-12-13-14-15-16-17-18-19-20-21-22-23-24-25-28(35)33-29-31(37)30(36)27(26-34)39-32(29)38/h22-25,27,29-32,34,36-38H,2-21,26H2,1H3,(H,33,35)/t27-,29-,30-,31-,32?/m1/s1/i1D. The van der Waals surface area contributed by atoms with Gasteiger partial charge in [0.1, 0.15) is 24.4 Å². The molecule has 7 heteroatoms. The average Bonchev–Trinajstić information content (AvgIpc) is 2.95. The second-order valence-electron chi connectivity index (χ2n) is 11.1. The van der Waals surface area contributed by atoms with Gasteiger partial charge < -0.3 is 30.5 Å². The Bertz CT molecular complexity index is 661. The molecule has 1 saturated heterocycles. The van der Waals surface area contributed by atoms with Crippen LogP contribution in [0.25, 0.3) is 0 Å². The highest BCUT2D eigenvalue weighted by Gasteiger charge is 2.44. The quantitative estimate of drug-likeness (QED) is 0.0581. The lowest BCUT2D eigenvalue weighted by Gasteiger charge is -2.40. The summed E-state index contributed by atoms with van der Waals surface area (Å²) in [6.07, 6.45) is 27.4. The van der Waals surface area contributed by atoms with Crippen LogP contribution in [0, 0.1) is 0 Å². The fraction of sp³-hybridized carbons (Fsp3) is 0.844. The molecule has 0 aliphatic carbocycles. The van der Waals surface area contributed by atoms with Crippen LogP contribution < -0.4 is 5.32 Å². The van der Waals surface area contributed by atoms with Gasteiger partial charge >= 0.3 is 0 Å². The molecule has 1 fully saturated rings. The van der Waals surface area contributed by atoms with Crippen LogP contribution in [0.2, 0.25) is 0 Å². The Morgan fingerprint density at radius 1 is 0.744 bits per heavy atom. The number of allylic oxidation sites excluding steroid dienone is 3. The smallest absolute Gasteiger partial charge is 0.244 e. The zero-order valence-electron chi connectivity index (χ0n) is 25.4. The fourth-order valence-electron chi connectivity index (χ4n) is 5.05. The van der Waals surface area contributed by atoms with Crippen molar-refractivity contribution in [3.05, 3.63) is 24.3 Å². The predicted octanol–water partition coefficient (Wildman–Crippen LogP) is 5.84. The minimum atomic E-state index is -1.51. The van der Waals surface area contributed by atoms with Gasteiger partial charge in [0.05, 0.1) is 6.61 Å². The number of hydrogen-bond donors (Lipinski definition) is 5. The SMILES string of the molecule is [2H]CCCCCCCCCCCCCCCCCCCCCC=CC=CC(=O)N[C@H]1C(O)O[C@H](CO)[C@@H](O)[C@@H]1O. The molecule has 5 N–H and O–H groups in total. The third kappa shape index (κ3) is 17.9. The summed E-state index contributed by atoms with van der Waals surface area (Å²) in [5, 5.41) is 41.4. The normalized spacial score (nSPS) is 24.0. The van der Waals surface area contributed by atoms with Crippen LogP contribution in [-0.2, 0) is 9.53 Å². The first kappa shape index (κ1) is 34.0. The topological polar surface area (TPSA) is 119 Å². The molecule has 0 aromatic heterocycles. The highest BCUT2D eigenvalue weighted by molar-refractivity contribution is 5.88. The molecular formula is C32H59NO6. The number of hydrogen-bond acceptors (Lipinski definition) is 6. The van der Waals surface area contributed by atoms with Gasteiger partial charge in [-0.2, -0.15) is 0 Å². The van der Waals surface area contributed by atoms with Crippen molar-refractivity contribution in [2.24, 2.45) is 0 Å². The molecule has 1 aliphatic heterocycles. The first-order chi connectivity index (χ1) is 19.5. The summed E-state index contributed by atoms with van der Waals surface area (Å²) in [4.78, 5) is 12.0. The molecule has 0 saturated carbocycles. The number of nitrogens with one attached hydrogen (secondary N) is 1. The maximum absolute atomic E-state index is 12.0. The van der Waals surface area contributed by atoms with Crippen molar-refractivity contribution in [1.29, 1.82) is 0 Å². The first-order valence-corrected chi connectivity index (χ1v) is 15.7. The summed E-state index contributed by atoms with van der Waals surface area (Å²) < 4.78 is 12.2. The summed E-state index contributed by atoms with van der Waals surface area (Å²) in [6.45, 7) is 0.0479. The Morgan fingerprint density at radius 3 is 1.72 bits per heavy atom. The van der Waals surface area contributed by atoms with E-state index in [1.54, 1.807) is 6.08 Å². The molecule has 1 rings (SSSR count). The van der Waals surface area contributed by atoms with Crippen LogP contribution in [0.3, 0.4) is 0 Å². The molecule has 1 heterocycles. The van der Waals surface area contributed by atoms with E-state index in [4.69, 9.17) is 11.2 Å². The van der Waals surface area contributed by atoms with Crippen molar-refractivity contribution in [1.82, 2.24) is 5.32 Å². The minimum absolute atomic E-state index is 0.514. The van der Waals surface area contributed by atoms with Gasteiger partial charge in [0.25, 0.3) is 0 Å². The van der Waals surface area contributed by atoms with Gasteiger partial charge in [0.15, 0.2) is 6.29 Å². The molecule has 5 atom stereocenters. The molecule has 39 heavy (non-hydrogen) atoms. The lowest BCUT2D eigenvalue weighted by Crippen LogP contribution is -2.64. The molecule has 1 amide bonds. The summed E-state index contributed by atoms with van der Waals surface area (Å²) >= 11 is 0. The van der Waals surface area contributed by atoms with E-state index in [-0.39, 0.29) is 0 Å². The number of ether oxygens (including phenoxy) is 1. The van der Waals surface area contributed by atoms with Crippen LogP contribution in [0.15, 0.2) is 24.3 Å². The van der Waals surface area contributed by atoms with Gasteiger partial charge in [-0.3, -0.25) is 4.79 Å². The minimum Gasteiger partial charge on any atom is -0.394 e. The summed E-state index contributed by atoms with van der Waals surface area (Å²) in [5.74, 6) is -0.514. The molecule has 0 aromatic rings. The number of aliphatic hydroxyl groups excluding tert-OH is 4. The van der Waals surface area contributed by atoms with Crippen LogP contribution in [0.1, 0.15) is 137 Å². The number of rotatable bonds is 24. The van der Waals surface area contributed by atoms with Gasteiger partial charge in [-0.25, -0.2) is 0 Å². The van der Waals surface area contributed by atoms with E-state index in [2.05, 4.69) is 5.32 Å². The molecular weight excluding hydrogens is 494 g/mol. The van der Waals surface area contributed by atoms with E-state index in [9.17, 15) is 20.1 Å². The predicted molar refractivity (Wildman–Crippen MR) is 158 cm³/mol. The van der Waals surface area contributed by atoms with Gasteiger partial charge in [0.2, 0.25) is 5.91 Å². The van der Waals surface area contributed by atoms with Crippen molar-refractivity contribution >= 4 is 5.91 Å². The van der Waals surface area contributed by atoms with Gasteiger partial charge in [0, 0.05) is 7.45 Å². The van der Waals surface area contributed by atoms with E-state index in [0.717, 1.165) is 19.3 Å². The maximum Gasteiger partial charge on any atom is 0.244 e. The summed E-state index contributed by atoms with van der Waals surface area (Å²) in [6, 6.07) is -1.18. The molecule has 1 unspecified atom stereocenters. The number of amides is 1. The van der Waals surface area contributed by atoms with Gasteiger partial charge in [-0.05, 0) is 12.8 Å². The van der Waals surface area contributed by atoms with Crippen LogP contribution in [-0.4, -0.2) is 63.6 Å². The zero-order valence-corrected chi connectivity index (χ0v) is 24.4. The van der Waals surface area contributed by atoms with Crippen LogP contribution in [0.4, 0.5) is 0 Å². The van der Waals surface area contributed by atoms with E-state index >= 15 is 0 Å². The summed E-state index contributed by atoms with van der Waals surface area (Å²) in [7, 11) is 0. The maximum atomic E-state index is 12.0. The Labute approximate surface area is 239 Å². The molecule has 1 aliphatic rings. The zero-order chi connectivity index (χ0) is 29.3. The lowest BCUT2D eigenvalue weighted by molar-refractivity contribution is -0.253. The van der Waals surface area contributed by atoms with Crippen molar-refractivity contribution in [3.63, 3.8) is 0 Å². The lowest BCUT2D eigenvalue weighted by atomic mass is 9.97. The number of carbonyl (C=O) groups is 1. The van der Waals surface area contributed by atoms with Crippen molar-refractivity contribution in [3.8, 4) is 0 Å². The number of aliphatic hydroxyl groups is 4. The van der Waals surface area contributed by atoms with E-state index in [1.807, 2.05) is 12.2 Å². The van der Waals surface area contributed by atoms with Gasteiger partial charge in [-0.15, -0.1) is 0 Å². The van der Waals surface area contributed by atoms with Crippen molar-refractivity contribution < 1.29 is 31.3 Å². The third-order valence-electron chi connectivity index (χ3n) is 7.57. The number of unbranched alkanes of at least 4 members (excludes halogenated alkanes) is 19. The van der Waals surface area contributed by atoms with Crippen LogP contribution in [0.5, 0.6) is 0 Å². The molecule has 7 nitrogen and oxygen atoms in total. The van der Waals surface area contributed by atoms with E-state index in [1.165, 1.54) is 115 Å². The largest absolute Gasteiger partial charge is 0.394 e. The second kappa shape index (κ2) is 24.5.